The molecule has 2 atom stereocenters. The summed E-state index contributed by atoms with van der Waals surface area (Å²) in [7, 11) is 0. The molecule has 29 heavy (non-hydrogen) atoms. The Balaban J connectivity index is 1.74. The second-order valence-electron chi connectivity index (χ2n) is 7.50. The van der Waals surface area contributed by atoms with E-state index in [0.717, 1.165) is 12.1 Å². The lowest BCUT2D eigenvalue weighted by atomic mass is 9.88. The highest BCUT2D eigenvalue weighted by Crippen LogP contribution is 2.44. The van der Waals surface area contributed by atoms with Crippen molar-refractivity contribution in [3.8, 4) is 0 Å². The Labute approximate surface area is 166 Å². The van der Waals surface area contributed by atoms with Crippen LogP contribution in [0.5, 0.6) is 0 Å². The van der Waals surface area contributed by atoms with E-state index in [9.17, 15) is 18.0 Å². The molecule has 2 unspecified atom stereocenters. The molecule has 10 heteroatoms. The van der Waals surface area contributed by atoms with Crippen LogP contribution in [0.15, 0.2) is 35.7 Å². The molecule has 1 amide bonds. The molecule has 0 radical (unpaired) electrons. The number of benzene rings is 1. The highest BCUT2D eigenvalue weighted by molar-refractivity contribution is 5.68. The minimum atomic E-state index is -4.37. The molecule has 1 fully saturated rings. The molecule has 0 saturated carbocycles. The zero-order valence-corrected chi connectivity index (χ0v) is 16.2. The van der Waals surface area contributed by atoms with Crippen LogP contribution in [-0.2, 0) is 22.2 Å². The summed E-state index contributed by atoms with van der Waals surface area (Å²) in [4.78, 5) is 12.0. The first-order valence-electron chi connectivity index (χ1n) is 9.37. The molecule has 1 aromatic carbocycles. The fourth-order valence-electron chi connectivity index (χ4n) is 3.36. The van der Waals surface area contributed by atoms with E-state index in [1.165, 1.54) is 12.1 Å². The van der Waals surface area contributed by atoms with Gasteiger partial charge in [0.2, 0.25) is 0 Å². The number of rotatable bonds is 6. The lowest BCUT2D eigenvalue weighted by Gasteiger charge is -2.32. The van der Waals surface area contributed by atoms with E-state index in [1.54, 1.807) is 0 Å². The van der Waals surface area contributed by atoms with Gasteiger partial charge in [0.1, 0.15) is 11.7 Å². The lowest BCUT2D eigenvalue weighted by Crippen LogP contribution is -2.46. The Bertz CT molecular complexity index is 774. The van der Waals surface area contributed by atoms with Crippen LogP contribution in [0, 0.1) is 0 Å². The van der Waals surface area contributed by atoms with Crippen molar-refractivity contribution in [3.63, 3.8) is 0 Å². The number of hydrogen-bond acceptors (Lipinski definition) is 6. The van der Waals surface area contributed by atoms with Gasteiger partial charge in [-0.3, -0.25) is 5.84 Å². The number of amides is 1. The van der Waals surface area contributed by atoms with Gasteiger partial charge < -0.3 is 25.5 Å². The van der Waals surface area contributed by atoms with Gasteiger partial charge in [0.25, 0.3) is 0 Å². The van der Waals surface area contributed by atoms with E-state index in [2.05, 4.69) is 16.1 Å². The lowest BCUT2D eigenvalue weighted by molar-refractivity contribution is -0.137. The second kappa shape index (κ2) is 8.11. The molecule has 0 bridgehead atoms. The number of ether oxygens (including phenoxy) is 2. The zero-order chi connectivity index (χ0) is 21.2. The van der Waals surface area contributed by atoms with Crippen LogP contribution in [0.2, 0.25) is 0 Å². The number of hydrazine groups is 1. The highest BCUT2D eigenvalue weighted by atomic mass is 19.4. The Morgan fingerprint density at radius 2 is 2.00 bits per heavy atom. The Morgan fingerprint density at radius 1 is 1.34 bits per heavy atom. The van der Waals surface area contributed by atoms with E-state index in [4.69, 9.17) is 15.3 Å². The first-order chi connectivity index (χ1) is 13.6. The maximum absolute atomic E-state index is 12.7. The van der Waals surface area contributed by atoms with Crippen molar-refractivity contribution in [2.24, 2.45) is 5.84 Å². The summed E-state index contributed by atoms with van der Waals surface area (Å²) < 4.78 is 49.3. The van der Waals surface area contributed by atoms with Crippen LogP contribution >= 0.6 is 0 Å². The van der Waals surface area contributed by atoms with Gasteiger partial charge in [-0.2, -0.15) is 13.2 Å². The molecular formula is C19H25F3N4O3. The van der Waals surface area contributed by atoms with Crippen LogP contribution in [0.25, 0.3) is 0 Å². The minimum absolute atomic E-state index is 0.0697. The predicted octanol–water partition coefficient (Wildman–Crippen LogP) is 2.54. The average Bonchev–Trinajstić information content (AvgIpc) is 3.41. The van der Waals surface area contributed by atoms with Crippen molar-refractivity contribution < 1.29 is 27.4 Å². The number of alkyl carbamates (subject to hydrolysis) is 1. The van der Waals surface area contributed by atoms with Crippen molar-refractivity contribution in [1.29, 1.82) is 0 Å². The largest absolute Gasteiger partial charge is 0.440 e. The van der Waals surface area contributed by atoms with E-state index < -0.39 is 29.5 Å². The van der Waals surface area contributed by atoms with E-state index in [1.807, 2.05) is 13.8 Å². The third-order valence-electron chi connectivity index (χ3n) is 4.91. The van der Waals surface area contributed by atoms with E-state index >= 15 is 0 Å². The van der Waals surface area contributed by atoms with Crippen molar-refractivity contribution in [3.05, 3.63) is 46.8 Å². The molecule has 160 valence electrons. The zero-order valence-electron chi connectivity index (χ0n) is 16.2. The summed E-state index contributed by atoms with van der Waals surface area (Å²) >= 11 is 0. The van der Waals surface area contributed by atoms with Crippen molar-refractivity contribution in [2.45, 2.75) is 57.2 Å². The van der Waals surface area contributed by atoms with Gasteiger partial charge in [-0.15, -0.1) is 0 Å². The quantitative estimate of drug-likeness (QED) is 0.324. The molecule has 1 spiro atoms. The first kappa shape index (κ1) is 21.3. The van der Waals surface area contributed by atoms with Gasteiger partial charge >= 0.3 is 12.3 Å². The molecule has 5 N–H and O–H groups in total. The molecule has 7 nitrogen and oxygen atoms in total. The van der Waals surface area contributed by atoms with Crippen LogP contribution in [0.4, 0.5) is 18.0 Å². The van der Waals surface area contributed by atoms with Gasteiger partial charge in [-0.05, 0) is 44.4 Å². The number of nitrogens with one attached hydrogen (secondary N) is 3. The third-order valence-corrected chi connectivity index (χ3v) is 4.91. The van der Waals surface area contributed by atoms with Gasteiger partial charge in [0.05, 0.1) is 23.6 Å². The van der Waals surface area contributed by atoms with Gasteiger partial charge in [-0.1, -0.05) is 12.1 Å². The molecule has 1 aliphatic heterocycles. The van der Waals surface area contributed by atoms with Gasteiger partial charge in [-0.25, -0.2) is 4.79 Å². The molecule has 1 aromatic rings. The summed E-state index contributed by atoms with van der Waals surface area (Å²) in [6.07, 6.45) is -4.33. The maximum Gasteiger partial charge on any atom is 0.416 e. The molecule has 0 aromatic heterocycles. The number of halogens is 3. The number of epoxide rings is 1. The van der Waals surface area contributed by atoms with Crippen LogP contribution < -0.4 is 21.9 Å². The monoisotopic (exact) mass is 414 g/mol. The van der Waals surface area contributed by atoms with Crippen LogP contribution in [-0.4, -0.2) is 30.4 Å². The summed E-state index contributed by atoms with van der Waals surface area (Å²) in [6, 6.07) is 4.85. The Morgan fingerprint density at radius 3 is 2.52 bits per heavy atom. The van der Waals surface area contributed by atoms with Gasteiger partial charge in [0, 0.05) is 12.6 Å². The van der Waals surface area contributed by atoms with Crippen molar-refractivity contribution >= 4 is 6.09 Å². The SMILES string of the molecule is CC(C)NC(=O)OC1CCC2(CO2)C(NCc2ccc(C(F)(F)F)cc2)=C1NN. The second-order valence-corrected chi connectivity index (χ2v) is 7.50. The number of nitrogens with two attached hydrogens (primary N) is 1. The van der Waals surface area contributed by atoms with Crippen LogP contribution in [0.1, 0.15) is 37.8 Å². The third kappa shape index (κ3) is 4.94. The molecule has 2 aliphatic rings. The summed E-state index contributed by atoms with van der Waals surface area (Å²) in [6.45, 7) is 4.42. The van der Waals surface area contributed by atoms with E-state index in [-0.39, 0.29) is 12.6 Å². The first-order valence-corrected chi connectivity index (χ1v) is 9.37. The average molecular weight is 414 g/mol. The molecule has 1 saturated heterocycles. The smallest absolute Gasteiger partial charge is 0.416 e. The molecule has 1 aliphatic carbocycles. The summed E-state index contributed by atoms with van der Waals surface area (Å²) in [5, 5.41) is 5.88. The van der Waals surface area contributed by atoms with Gasteiger partial charge in [0.15, 0.2) is 0 Å². The normalized spacial score (nSPS) is 23.9. The molecular weight excluding hydrogens is 389 g/mol. The van der Waals surface area contributed by atoms with Crippen LogP contribution in [0.3, 0.4) is 0 Å². The molecule has 3 rings (SSSR count). The van der Waals surface area contributed by atoms with Crippen molar-refractivity contribution in [2.75, 3.05) is 6.61 Å². The number of carbonyl (C=O) groups is 1. The minimum Gasteiger partial charge on any atom is -0.440 e. The standard InChI is InChI=1S/C19H25F3N4O3/c1-11(2)25-17(27)29-14-7-8-18(10-28-18)16(15(14)26-23)24-9-12-3-5-13(6-4-12)19(20,21)22/h3-6,11,14,24,26H,7-10,23H2,1-2H3,(H,25,27). The fourth-order valence-corrected chi connectivity index (χ4v) is 3.36. The Kier molecular flexibility index (Phi) is 5.95. The van der Waals surface area contributed by atoms with Crippen molar-refractivity contribution in [1.82, 2.24) is 16.1 Å². The number of carbonyl (C=O) groups excluding carboxylic acids is 1. The number of alkyl halides is 3. The summed E-state index contributed by atoms with van der Waals surface area (Å²) in [5.41, 5.74) is 3.21. The topological polar surface area (TPSA) is 101 Å². The Hall–Kier alpha value is -2.46. The highest BCUT2D eigenvalue weighted by Gasteiger charge is 2.53. The van der Waals surface area contributed by atoms with E-state index in [0.29, 0.717) is 36.4 Å². The maximum atomic E-state index is 12.7. The predicted molar refractivity (Wildman–Crippen MR) is 99.1 cm³/mol. The summed E-state index contributed by atoms with van der Waals surface area (Å²) in [5.74, 6) is 5.71. The molecule has 1 heterocycles. The fraction of sp³-hybridized carbons (Fsp3) is 0.526. The number of hydrogen-bond donors (Lipinski definition) is 4.